The van der Waals surface area contributed by atoms with Gasteiger partial charge in [0.25, 0.3) is 0 Å². The Balaban J connectivity index is 1.86. The lowest BCUT2D eigenvalue weighted by molar-refractivity contribution is 0.0154. The minimum absolute atomic E-state index is 0.0164. The van der Waals surface area contributed by atoms with Crippen LogP contribution in [0.4, 0.5) is 0 Å². The zero-order chi connectivity index (χ0) is 16.2. The van der Waals surface area contributed by atoms with Crippen molar-refractivity contribution in [1.82, 2.24) is 4.90 Å². The average molecular weight is 327 g/mol. The van der Waals surface area contributed by atoms with Crippen molar-refractivity contribution < 1.29 is 15.1 Å². The number of halogens is 1. The maximum Gasteiger partial charge on any atom is 0.145 e. The first-order valence-corrected chi connectivity index (χ1v) is 7.72. The molecule has 1 unspecified atom stereocenters. The molecule has 22 heavy (non-hydrogen) atoms. The predicted molar refractivity (Wildman–Crippen MR) is 87.3 cm³/mol. The molecule has 0 amide bonds. The summed E-state index contributed by atoms with van der Waals surface area (Å²) in [4.78, 5) is 7.54. The number of hydrogen-bond donors (Lipinski definition) is 2. The van der Waals surface area contributed by atoms with E-state index in [4.69, 9.17) is 16.4 Å². The van der Waals surface area contributed by atoms with Crippen molar-refractivity contribution in [2.75, 3.05) is 33.4 Å². The number of oxime groups is 1. The van der Waals surface area contributed by atoms with Crippen molar-refractivity contribution in [2.45, 2.75) is 19.4 Å². The second-order valence-electron chi connectivity index (χ2n) is 6.30. The van der Waals surface area contributed by atoms with Gasteiger partial charge in [0.05, 0.1) is 18.9 Å². The summed E-state index contributed by atoms with van der Waals surface area (Å²) in [6.07, 6.45) is 0.721. The van der Waals surface area contributed by atoms with E-state index in [2.05, 4.69) is 10.1 Å². The molecule has 0 radical (unpaired) electrons. The van der Waals surface area contributed by atoms with Crippen molar-refractivity contribution in [2.24, 2.45) is 10.6 Å². The first-order valence-electron chi connectivity index (χ1n) is 7.35. The van der Waals surface area contributed by atoms with E-state index in [-0.39, 0.29) is 19.3 Å². The van der Waals surface area contributed by atoms with Crippen LogP contribution in [-0.2, 0) is 4.84 Å². The third-order valence-corrected chi connectivity index (χ3v) is 4.09. The Labute approximate surface area is 136 Å². The fourth-order valence-corrected chi connectivity index (χ4v) is 2.68. The van der Waals surface area contributed by atoms with Crippen LogP contribution in [0, 0.1) is 5.41 Å². The van der Waals surface area contributed by atoms with Crippen LogP contribution in [0.15, 0.2) is 29.4 Å². The number of benzene rings is 1. The van der Waals surface area contributed by atoms with Gasteiger partial charge in [0.2, 0.25) is 0 Å². The van der Waals surface area contributed by atoms with Gasteiger partial charge < -0.3 is 20.0 Å². The molecule has 0 aliphatic carbocycles. The molecule has 5 nitrogen and oxygen atoms in total. The Morgan fingerprint density at radius 2 is 1.95 bits per heavy atom. The van der Waals surface area contributed by atoms with Crippen LogP contribution in [0.3, 0.4) is 0 Å². The van der Waals surface area contributed by atoms with Gasteiger partial charge >= 0.3 is 0 Å². The van der Waals surface area contributed by atoms with Gasteiger partial charge in [-0.2, -0.15) is 0 Å². The van der Waals surface area contributed by atoms with Gasteiger partial charge in [0.15, 0.2) is 0 Å². The Morgan fingerprint density at radius 3 is 2.55 bits per heavy atom. The molecule has 0 spiro atoms. The summed E-state index contributed by atoms with van der Waals surface area (Å²) in [6.45, 7) is 3.04. The minimum atomic E-state index is -0.507. The molecule has 1 atom stereocenters. The molecule has 0 fully saturated rings. The molecular weight excluding hydrogens is 304 g/mol. The molecule has 0 aromatic heterocycles. The second-order valence-corrected chi connectivity index (χ2v) is 6.74. The lowest BCUT2D eigenvalue weighted by atomic mass is 9.92. The first-order chi connectivity index (χ1) is 10.5. The largest absolute Gasteiger partial charge is 0.396 e. The van der Waals surface area contributed by atoms with Gasteiger partial charge in [-0.1, -0.05) is 35.8 Å². The number of hydrogen-bond acceptors (Lipinski definition) is 5. The van der Waals surface area contributed by atoms with Crippen molar-refractivity contribution in [3.63, 3.8) is 0 Å². The Morgan fingerprint density at radius 1 is 1.32 bits per heavy atom. The topological polar surface area (TPSA) is 65.3 Å². The van der Waals surface area contributed by atoms with Gasteiger partial charge in [-0.15, -0.1) is 0 Å². The molecule has 1 aromatic carbocycles. The van der Waals surface area contributed by atoms with Crippen molar-refractivity contribution >= 4 is 17.3 Å². The quantitative estimate of drug-likeness (QED) is 0.801. The third kappa shape index (κ3) is 4.43. The molecule has 0 saturated heterocycles. The van der Waals surface area contributed by atoms with E-state index in [1.54, 1.807) is 0 Å². The van der Waals surface area contributed by atoms with Gasteiger partial charge in [0, 0.05) is 29.9 Å². The van der Waals surface area contributed by atoms with Crippen LogP contribution in [-0.4, -0.2) is 60.3 Å². The highest BCUT2D eigenvalue weighted by atomic mass is 35.5. The standard InChI is InChI=1S/C16H23ClN2O3/c1-16(10-20,11-21)9-19(2)8-14-7-15(18-22-14)12-3-5-13(17)6-4-12/h3-6,14,20-21H,7-11H2,1-2H3. The monoisotopic (exact) mass is 326 g/mol. The van der Waals surface area contributed by atoms with Gasteiger partial charge in [-0.3, -0.25) is 0 Å². The van der Waals surface area contributed by atoms with E-state index in [9.17, 15) is 10.2 Å². The zero-order valence-electron chi connectivity index (χ0n) is 13.0. The van der Waals surface area contributed by atoms with Crippen molar-refractivity contribution in [3.8, 4) is 0 Å². The van der Waals surface area contributed by atoms with Crippen LogP contribution >= 0.6 is 11.6 Å². The number of likely N-dealkylation sites (N-methyl/N-ethyl adjacent to an activating group) is 1. The maximum atomic E-state index is 9.36. The highest BCUT2D eigenvalue weighted by molar-refractivity contribution is 6.30. The molecule has 0 bridgehead atoms. The van der Waals surface area contributed by atoms with Gasteiger partial charge in [-0.05, 0) is 24.7 Å². The average Bonchev–Trinajstić information content (AvgIpc) is 2.96. The van der Waals surface area contributed by atoms with Crippen molar-refractivity contribution in [3.05, 3.63) is 34.9 Å². The molecule has 1 aliphatic heterocycles. The molecule has 1 aliphatic rings. The van der Waals surface area contributed by atoms with Crippen LogP contribution in [0.25, 0.3) is 0 Å². The van der Waals surface area contributed by atoms with Gasteiger partial charge in [0.1, 0.15) is 6.10 Å². The smallest absolute Gasteiger partial charge is 0.145 e. The molecule has 1 heterocycles. The highest BCUT2D eigenvalue weighted by Crippen LogP contribution is 2.21. The molecule has 2 N–H and O–H groups in total. The lowest BCUT2D eigenvalue weighted by Crippen LogP contribution is -2.41. The Kier molecular flexibility index (Phi) is 5.81. The number of rotatable bonds is 7. The van der Waals surface area contributed by atoms with E-state index < -0.39 is 5.41 Å². The second kappa shape index (κ2) is 7.42. The molecule has 6 heteroatoms. The lowest BCUT2D eigenvalue weighted by Gasteiger charge is -2.31. The molecular formula is C16H23ClN2O3. The summed E-state index contributed by atoms with van der Waals surface area (Å²) in [6, 6.07) is 7.55. The number of nitrogens with zero attached hydrogens (tertiary/aromatic N) is 2. The molecule has 0 saturated carbocycles. The van der Waals surface area contributed by atoms with Crippen molar-refractivity contribution in [1.29, 1.82) is 0 Å². The van der Waals surface area contributed by atoms with Crippen LogP contribution in [0.5, 0.6) is 0 Å². The summed E-state index contributed by atoms with van der Waals surface area (Å²) >= 11 is 5.89. The zero-order valence-corrected chi connectivity index (χ0v) is 13.8. The Hall–Kier alpha value is -1.14. The maximum absolute atomic E-state index is 9.36. The van der Waals surface area contributed by atoms with E-state index in [0.29, 0.717) is 18.1 Å². The number of aliphatic hydroxyl groups is 2. The number of aliphatic hydroxyl groups excluding tert-OH is 2. The summed E-state index contributed by atoms with van der Waals surface area (Å²) < 4.78 is 0. The van der Waals surface area contributed by atoms with Crippen LogP contribution < -0.4 is 0 Å². The normalized spacial score (nSPS) is 18.5. The van der Waals surface area contributed by atoms with E-state index in [1.807, 2.05) is 38.2 Å². The van der Waals surface area contributed by atoms with Crippen LogP contribution in [0.1, 0.15) is 18.9 Å². The summed E-state index contributed by atoms with van der Waals surface area (Å²) in [5.74, 6) is 0. The first kappa shape index (κ1) is 17.2. The van der Waals surface area contributed by atoms with Gasteiger partial charge in [-0.25, -0.2) is 0 Å². The fraction of sp³-hybridized carbons (Fsp3) is 0.562. The van der Waals surface area contributed by atoms with E-state index >= 15 is 0 Å². The SMILES string of the molecule is CN(CC1CC(c2ccc(Cl)cc2)=NO1)CC(C)(CO)CO. The van der Waals surface area contributed by atoms with E-state index in [0.717, 1.165) is 17.7 Å². The fourth-order valence-electron chi connectivity index (χ4n) is 2.55. The molecule has 1 aromatic rings. The minimum Gasteiger partial charge on any atom is -0.396 e. The summed E-state index contributed by atoms with van der Waals surface area (Å²) in [5, 5.41) is 23.6. The molecule has 2 rings (SSSR count). The summed E-state index contributed by atoms with van der Waals surface area (Å²) in [7, 11) is 1.95. The third-order valence-electron chi connectivity index (χ3n) is 3.84. The van der Waals surface area contributed by atoms with E-state index in [1.165, 1.54) is 0 Å². The predicted octanol–water partition coefficient (Wildman–Crippen LogP) is 1.76. The summed E-state index contributed by atoms with van der Waals surface area (Å²) in [5.41, 5.74) is 1.43. The Bertz CT molecular complexity index is 515. The molecule has 122 valence electrons. The highest BCUT2D eigenvalue weighted by Gasteiger charge is 2.28. The van der Waals surface area contributed by atoms with Crippen LogP contribution in [0.2, 0.25) is 5.02 Å².